The number of fused-ring (bicyclic) bond motifs is 1. The first kappa shape index (κ1) is 21.1. The molecule has 0 bridgehead atoms. The summed E-state index contributed by atoms with van der Waals surface area (Å²) in [6.07, 6.45) is 1.77. The Morgan fingerprint density at radius 2 is 1.90 bits per heavy atom. The van der Waals surface area contributed by atoms with Crippen LogP contribution in [0.1, 0.15) is 16.7 Å². The van der Waals surface area contributed by atoms with Crippen LogP contribution in [0.25, 0.3) is 0 Å². The lowest BCUT2D eigenvalue weighted by atomic mass is 10.1. The summed E-state index contributed by atoms with van der Waals surface area (Å²) in [6, 6.07) is 8.62. The van der Waals surface area contributed by atoms with Gasteiger partial charge in [0.15, 0.2) is 0 Å². The number of rotatable bonds is 4. The van der Waals surface area contributed by atoms with E-state index in [2.05, 4.69) is 5.32 Å². The number of carbonyl (C=O) groups excluding carboxylic acids is 3. The summed E-state index contributed by atoms with van der Waals surface area (Å²) in [6.45, 7) is 5.24. The zero-order chi connectivity index (χ0) is 22.3. The van der Waals surface area contributed by atoms with Crippen molar-refractivity contribution in [3.8, 4) is 0 Å². The minimum Gasteiger partial charge on any atom is -0.324 e. The van der Waals surface area contributed by atoms with E-state index in [1.54, 1.807) is 18.4 Å². The van der Waals surface area contributed by atoms with E-state index in [1.165, 1.54) is 34.9 Å². The number of imide groups is 1. The Balaban J connectivity index is 1.61. The average Bonchev–Trinajstić information content (AvgIpc) is 3.22. The van der Waals surface area contributed by atoms with Crippen molar-refractivity contribution in [3.05, 3.63) is 70.4 Å². The van der Waals surface area contributed by atoms with E-state index in [0.717, 1.165) is 16.0 Å². The largest absolute Gasteiger partial charge is 0.332 e. The van der Waals surface area contributed by atoms with E-state index in [4.69, 9.17) is 0 Å². The SMILES string of the molecule is Cc1cc(N2C(=O)C3SC=CC3N(CC(=O)Nc3cccc(C)c3C)C2=O)ccc1F. The molecule has 2 aromatic rings. The highest BCUT2D eigenvalue weighted by atomic mass is 32.2. The minimum atomic E-state index is -0.597. The Kier molecular flexibility index (Phi) is 5.58. The average molecular weight is 440 g/mol. The monoisotopic (exact) mass is 439 g/mol. The molecule has 160 valence electrons. The first-order valence-electron chi connectivity index (χ1n) is 9.87. The number of benzene rings is 2. The van der Waals surface area contributed by atoms with Gasteiger partial charge in [-0.15, -0.1) is 11.8 Å². The molecule has 0 aliphatic carbocycles. The zero-order valence-corrected chi connectivity index (χ0v) is 18.2. The molecule has 0 saturated carbocycles. The third kappa shape index (κ3) is 3.83. The Bertz CT molecular complexity index is 1120. The third-order valence-electron chi connectivity index (χ3n) is 5.66. The van der Waals surface area contributed by atoms with E-state index >= 15 is 0 Å². The van der Waals surface area contributed by atoms with Gasteiger partial charge < -0.3 is 10.2 Å². The van der Waals surface area contributed by atoms with Crippen LogP contribution < -0.4 is 10.2 Å². The molecule has 2 aromatic carbocycles. The zero-order valence-electron chi connectivity index (χ0n) is 17.4. The van der Waals surface area contributed by atoms with Gasteiger partial charge in [-0.1, -0.05) is 18.2 Å². The number of urea groups is 1. The Hall–Kier alpha value is -3.13. The fraction of sp³-hybridized carbons (Fsp3) is 0.261. The van der Waals surface area contributed by atoms with Crippen molar-refractivity contribution in [2.24, 2.45) is 0 Å². The molecule has 0 radical (unpaired) electrons. The number of amides is 4. The number of carbonyl (C=O) groups is 3. The fourth-order valence-electron chi connectivity index (χ4n) is 3.75. The molecule has 0 spiro atoms. The van der Waals surface area contributed by atoms with Crippen molar-refractivity contribution in [2.75, 3.05) is 16.8 Å². The number of nitrogens with zero attached hydrogens (tertiary/aromatic N) is 2. The van der Waals surface area contributed by atoms with Crippen LogP contribution in [-0.4, -0.2) is 40.6 Å². The van der Waals surface area contributed by atoms with Crippen LogP contribution in [-0.2, 0) is 9.59 Å². The summed E-state index contributed by atoms with van der Waals surface area (Å²) >= 11 is 1.31. The Morgan fingerprint density at radius 3 is 2.65 bits per heavy atom. The van der Waals surface area contributed by atoms with Crippen LogP contribution >= 0.6 is 11.8 Å². The maximum Gasteiger partial charge on any atom is 0.332 e. The summed E-state index contributed by atoms with van der Waals surface area (Å²) in [4.78, 5) is 41.6. The quantitative estimate of drug-likeness (QED) is 0.777. The number of thioether (sulfide) groups is 1. The molecule has 1 fully saturated rings. The first-order valence-corrected chi connectivity index (χ1v) is 10.8. The van der Waals surface area contributed by atoms with Crippen molar-refractivity contribution in [1.29, 1.82) is 0 Å². The highest BCUT2D eigenvalue weighted by molar-refractivity contribution is 8.03. The number of hydrogen-bond acceptors (Lipinski definition) is 4. The minimum absolute atomic E-state index is 0.206. The van der Waals surface area contributed by atoms with E-state index in [9.17, 15) is 18.8 Å². The van der Waals surface area contributed by atoms with E-state index in [-0.39, 0.29) is 18.4 Å². The van der Waals surface area contributed by atoms with Crippen LogP contribution in [0.4, 0.5) is 20.6 Å². The molecule has 2 aliphatic rings. The summed E-state index contributed by atoms with van der Waals surface area (Å²) in [5.74, 6) is -1.14. The molecule has 2 atom stereocenters. The molecule has 6 nitrogen and oxygen atoms in total. The first-order chi connectivity index (χ1) is 14.8. The van der Waals surface area contributed by atoms with Crippen molar-refractivity contribution < 1.29 is 18.8 Å². The lowest BCUT2D eigenvalue weighted by Gasteiger charge is -2.40. The summed E-state index contributed by atoms with van der Waals surface area (Å²) < 4.78 is 13.7. The van der Waals surface area contributed by atoms with Gasteiger partial charge in [0, 0.05) is 5.69 Å². The fourth-order valence-corrected chi connectivity index (χ4v) is 4.79. The van der Waals surface area contributed by atoms with Gasteiger partial charge in [0.1, 0.15) is 17.6 Å². The standard InChI is InChI=1S/C23H22FN3O3S/c1-13-5-4-6-18(15(13)3)25-20(28)12-26-19-9-10-31-21(19)22(29)27(23(26)30)16-7-8-17(24)14(2)11-16/h4-11,19,21H,12H2,1-3H3,(H,25,28). The smallest absolute Gasteiger partial charge is 0.324 e. The van der Waals surface area contributed by atoms with Crippen molar-refractivity contribution in [3.63, 3.8) is 0 Å². The number of aryl methyl sites for hydroxylation is 2. The second-order valence-corrected chi connectivity index (χ2v) is 8.74. The Morgan fingerprint density at radius 1 is 1.13 bits per heavy atom. The predicted molar refractivity (Wildman–Crippen MR) is 120 cm³/mol. The van der Waals surface area contributed by atoms with Crippen molar-refractivity contribution in [2.45, 2.75) is 32.1 Å². The maximum absolute atomic E-state index is 13.7. The molecule has 2 aliphatic heterocycles. The van der Waals surface area contributed by atoms with Crippen LogP contribution in [0.15, 0.2) is 47.9 Å². The number of hydrogen-bond donors (Lipinski definition) is 1. The van der Waals surface area contributed by atoms with Gasteiger partial charge in [-0.3, -0.25) is 9.59 Å². The highest BCUT2D eigenvalue weighted by Gasteiger charge is 2.48. The van der Waals surface area contributed by atoms with E-state index in [1.807, 2.05) is 32.0 Å². The van der Waals surface area contributed by atoms with Crippen molar-refractivity contribution in [1.82, 2.24) is 4.90 Å². The molecule has 1 saturated heterocycles. The lowest BCUT2D eigenvalue weighted by Crippen LogP contribution is -2.63. The lowest BCUT2D eigenvalue weighted by molar-refractivity contribution is -0.121. The van der Waals surface area contributed by atoms with Crippen LogP contribution in [0, 0.1) is 26.6 Å². The summed E-state index contributed by atoms with van der Waals surface area (Å²) in [7, 11) is 0. The van der Waals surface area contributed by atoms with E-state index < -0.39 is 23.1 Å². The maximum atomic E-state index is 13.7. The molecule has 2 heterocycles. The van der Waals surface area contributed by atoms with Gasteiger partial charge in [0.05, 0.1) is 11.7 Å². The van der Waals surface area contributed by atoms with Gasteiger partial charge in [-0.2, -0.15) is 0 Å². The molecule has 4 rings (SSSR count). The van der Waals surface area contributed by atoms with Crippen LogP contribution in [0.5, 0.6) is 0 Å². The third-order valence-corrected chi connectivity index (χ3v) is 6.75. The second-order valence-electron chi connectivity index (χ2n) is 7.69. The normalized spacial score (nSPS) is 20.3. The second kappa shape index (κ2) is 8.19. The van der Waals surface area contributed by atoms with Gasteiger partial charge in [-0.25, -0.2) is 14.1 Å². The number of nitrogens with one attached hydrogen (secondary N) is 1. The highest BCUT2D eigenvalue weighted by Crippen LogP contribution is 2.36. The van der Waals surface area contributed by atoms with Gasteiger partial charge in [0.25, 0.3) is 5.91 Å². The van der Waals surface area contributed by atoms with Crippen LogP contribution in [0.2, 0.25) is 0 Å². The topological polar surface area (TPSA) is 69.7 Å². The van der Waals surface area contributed by atoms with Gasteiger partial charge in [-0.05, 0) is 67.1 Å². The van der Waals surface area contributed by atoms with Gasteiger partial charge >= 0.3 is 6.03 Å². The molecule has 2 unspecified atom stereocenters. The molecular formula is C23H22FN3O3S. The number of halogens is 1. The molecular weight excluding hydrogens is 417 g/mol. The summed E-state index contributed by atoms with van der Waals surface area (Å²) in [5.41, 5.74) is 3.31. The molecule has 0 aromatic heterocycles. The van der Waals surface area contributed by atoms with Crippen LogP contribution in [0.3, 0.4) is 0 Å². The molecule has 8 heteroatoms. The molecule has 4 amide bonds. The van der Waals surface area contributed by atoms with Gasteiger partial charge in [0.2, 0.25) is 5.91 Å². The molecule has 31 heavy (non-hydrogen) atoms. The molecule has 1 N–H and O–H groups in total. The Labute approximate surface area is 184 Å². The number of anilines is 2. The van der Waals surface area contributed by atoms with Crippen molar-refractivity contribution >= 4 is 41.0 Å². The van der Waals surface area contributed by atoms with E-state index in [0.29, 0.717) is 16.9 Å². The predicted octanol–water partition coefficient (Wildman–Crippen LogP) is 4.16. The summed E-state index contributed by atoms with van der Waals surface area (Å²) in [5, 5.41) is 4.09.